The second-order valence-corrected chi connectivity index (χ2v) is 4.27. The molecule has 0 bridgehead atoms. The molecule has 0 spiro atoms. The van der Waals surface area contributed by atoms with Crippen LogP contribution in [0.5, 0.6) is 0 Å². The van der Waals surface area contributed by atoms with Crippen molar-refractivity contribution in [3.63, 3.8) is 0 Å². The van der Waals surface area contributed by atoms with Gasteiger partial charge in [-0.3, -0.25) is 4.98 Å². The maximum Gasteiger partial charge on any atom is 0.123 e. The summed E-state index contributed by atoms with van der Waals surface area (Å²) in [4.78, 5) is 4.26. The van der Waals surface area contributed by atoms with E-state index in [4.69, 9.17) is 0 Å². The Bertz CT molecular complexity index is 521. The van der Waals surface area contributed by atoms with Crippen molar-refractivity contribution >= 4 is 0 Å². The van der Waals surface area contributed by atoms with E-state index < -0.39 is 0 Å². The van der Waals surface area contributed by atoms with Gasteiger partial charge in [-0.2, -0.15) is 0 Å². The van der Waals surface area contributed by atoms with Gasteiger partial charge >= 0.3 is 0 Å². The predicted octanol–water partition coefficient (Wildman–Crippen LogP) is 3.31. The number of hydrogen-bond donors (Lipinski definition) is 1. The molecule has 0 unspecified atom stereocenters. The van der Waals surface area contributed by atoms with Gasteiger partial charge < -0.3 is 5.32 Å². The van der Waals surface area contributed by atoms with Gasteiger partial charge in [0.1, 0.15) is 5.82 Å². The van der Waals surface area contributed by atoms with Crippen molar-refractivity contribution in [2.24, 2.45) is 0 Å². The molecular weight excluding hydrogens is 227 g/mol. The summed E-state index contributed by atoms with van der Waals surface area (Å²) < 4.78 is 13.4. The Morgan fingerprint density at radius 2 is 2.06 bits per heavy atom. The molecule has 1 heterocycles. The highest BCUT2D eigenvalue weighted by atomic mass is 19.1. The van der Waals surface area contributed by atoms with Crippen LogP contribution < -0.4 is 5.32 Å². The summed E-state index contributed by atoms with van der Waals surface area (Å²) in [5.74, 6) is -0.217. The molecule has 2 nitrogen and oxygen atoms in total. The number of nitrogens with zero attached hydrogens (tertiary/aromatic N) is 1. The minimum atomic E-state index is -0.217. The van der Waals surface area contributed by atoms with Crippen LogP contribution in [0.3, 0.4) is 0 Å². The van der Waals surface area contributed by atoms with Gasteiger partial charge in [-0.25, -0.2) is 4.39 Å². The largest absolute Gasteiger partial charge is 0.313 e. The number of aromatic nitrogens is 1. The van der Waals surface area contributed by atoms with E-state index in [-0.39, 0.29) is 5.82 Å². The van der Waals surface area contributed by atoms with Gasteiger partial charge in [0, 0.05) is 24.0 Å². The number of hydrogen-bond acceptors (Lipinski definition) is 2. The van der Waals surface area contributed by atoms with Gasteiger partial charge in [0.2, 0.25) is 0 Å². The molecule has 0 saturated heterocycles. The van der Waals surface area contributed by atoms with Crippen LogP contribution in [0.2, 0.25) is 0 Å². The lowest BCUT2D eigenvalue weighted by Crippen LogP contribution is -2.12. The summed E-state index contributed by atoms with van der Waals surface area (Å²) in [5.41, 5.74) is 3.91. The third-order valence-corrected chi connectivity index (χ3v) is 2.86. The summed E-state index contributed by atoms with van der Waals surface area (Å²) in [7, 11) is 0. The van der Waals surface area contributed by atoms with Crippen molar-refractivity contribution in [1.29, 1.82) is 0 Å². The molecule has 0 aliphatic heterocycles. The number of benzene rings is 1. The van der Waals surface area contributed by atoms with Crippen molar-refractivity contribution in [3.05, 3.63) is 53.6 Å². The average molecular weight is 244 g/mol. The quantitative estimate of drug-likeness (QED) is 0.892. The molecular formula is C15H17FN2. The zero-order valence-electron chi connectivity index (χ0n) is 10.7. The molecule has 0 fully saturated rings. The molecule has 0 aliphatic rings. The molecule has 18 heavy (non-hydrogen) atoms. The average Bonchev–Trinajstić information content (AvgIpc) is 2.38. The number of aryl methyl sites for hydroxylation is 1. The first kappa shape index (κ1) is 12.7. The van der Waals surface area contributed by atoms with Crippen molar-refractivity contribution in [2.75, 3.05) is 6.54 Å². The molecule has 0 atom stereocenters. The van der Waals surface area contributed by atoms with Crippen molar-refractivity contribution in [2.45, 2.75) is 20.4 Å². The fourth-order valence-electron chi connectivity index (χ4n) is 1.86. The number of halogens is 1. The summed E-state index contributed by atoms with van der Waals surface area (Å²) in [6.07, 6.45) is 1.79. The van der Waals surface area contributed by atoms with E-state index in [2.05, 4.69) is 17.2 Å². The predicted molar refractivity (Wildman–Crippen MR) is 71.7 cm³/mol. The number of rotatable bonds is 4. The van der Waals surface area contributed by atoms with Crippen molar-refractivity contribution < 1.29 is 4.39 Å². The first-order chi connectivity index (χ1) is 8.70. The van der Waals surface area contributed by atoms with Crippen LogP contribution in [-0.2, 0) is 6.54 Å². The Hall–Kier alpha value is -1.74. The van der Waals surface area contributed by atoms with Gasteiger partial charge in [-0.05, 0) is 42.8 Å². The van der Waals surface area contributed by atoms with Crippen LogP contribution in [0.4, 0.5) is 4.39 Å². The van der Waals surface area contributed by atoms with E-state index in [0.717, 1.165) is 35.5 Å². The third kappa shape index (κ3) is 2.93. The molecule has 94 valence electrons. The fraction of sp³-hybridized carbons (Fsp3) is 0.267. The van der Waals surface area contributed by atoms with Crippen LogP contribution in [0.25, 0.3) is 11.1 Å². The van der Waals surface area contributed by atoms with Crippen LogP contribution in [0.1, 0.15) is 18.2 Å². The van der Waals surface area contributed by atoms with E-state index in [1.54, 1.807) is 12.3 Å². The molecule has 0 amide bonds. The number of pyridine rings is 1. The molecule has 2 aromatic rings. The molecule has 1 aromatic carbocycles. The lowest BCUT2D eigenvalue weighted by Gasteiger charge is -2.10. The highest BCUT2D eigenvalue weighted by Crippen LogP contribution is 2.24. The summed E-state index contributed by atoms with van der Waals surface area (Å²) in [6, 6.07) is 8.81. The van der Waals surface area contributed by atoms with E-state index in [1.807, 2.05) is 25.1 Å². The molecule has 1 aromatic heterocycles. The Labute approximate surface area is 107 Å². The lowest BCUT2D eigenvalue weighted by atomic mass is 10.0. The lowest BCUT2D eigenvalue weighted by molar-refractivity contribution is 0.626. The SMILES string of the molecule is CCNCc1ccc(F)cc1-c1ccc(C)nc1. The molecule has 2 rings (SSSR count). The van der Waals surface area contributed by atoms with Gasteiger partial charge in [0.15, 0.2) is 0 Å². The maximum absolute atomic E-state index is 13.4. The second kappa shape index (κ2) is 5.74. The standard InChI is InChI=1S/C15H17FN2/c1-3-17-9-12-6-7-14(16)8-15(12)13-5-4-11(2)18-10-13/h4-8,10,17H,3,9H2,1-2H3. The molecule has 3 heteroatoms. The number of nitrogens with one attached hydrogen (secondary N) is 1. The molecule has 0 aliphatic carbocycles. The van der Waals surface area contributed by atoms with E-state index >= 15 is 0 Å². The Morgan fingerprint density at radius 3 is 2.72 bits per heavy atom. The Morgan fingerprint density at radius 1 is 1.22 bits per heavy atom. The fourth-order valence-corrected chi connectivity index (χ4v) is 1.86. The minimum Gasteiger partial charge on any atom is -0.313 e. The Balaban J connectivity index is 2.40. The van der Waals surface area contributed by atoms with Crippen molar-refractivity contribution in [3.8, 4) is 11.1 Å². The summed E-state index contributed by atoms with van der Waals surface area (Å²) >= 11 is 0. The molecule has 0 radical (unpaired) electrons. The normalized spacial score (nSPS) is 10.6. The third-order valence-electron chi connectivity index (χ3n) is 2.86. The monoisotopic (exact) mass is 244 g/mol. The smallest absolute Gasteiger partial charge is 0.123 e. The topological polar surface area (TPSA) is 24.9 Å². The first-order valence-electron chi connectivity index (χ1n) is 6.13. The maximum atomic E-state index is 13.4. The van der Waals surface area contributed by atoms with E-state index in [0.29, 0.717) is 0 Å². The van der Waals surface area contributed by atoms with Crippen LogP contribution >= 0.6 is 0 Å². The van der Waals surface area contributed by atoms with Gasteiger partial charge in [-0.1, -0.05) is 19.1 Å². The van der Waals surface area contributed by atoms with Gasteiger partial charge in [0.25, 0.3) is 0 Å². The summed E-state index contributed by atoms with van der Waals surface area (Å²) in [6.45, 7) is 5.62. The molecule has 0 saturated carbocycles. The highest BCUT2D eigenvalue weighted by Gasteiger charge is 2.06. The van der Waals surface area contributed by atoms with Gasteiger partial charge in [-0.15, -0.1) is 0 Å². The summed E-state index contributed by atoms with van der Waals surface area (Å²) in [5, 5.41) is 3.26. The van der Waals surface area contributed by atoms with Gasteiger partial charge in [0.05, 0.1) is 0 Å². The second-order valence-electron chi connectivity index (χ2n) is 4.27. The zero-order chi connectivity index (χ0) is 13.0. The van der Waals surface area contributed by atoms with E-state index in [9.17, 15) is 4.39 Å². The Kier molecular flexibility index (Phi) is 4.05. The minimum absolute atomic E-state index is 0.217. The van der Waals surface area contributed by atoms with E-state index in [1.165, 1.54) is 6.07 Å². The highest BCUT2D eigenvalue weighted by molar-refractivity contribution is 5.66. The van der Waals surface area contributed by atoms with Crippen LogP contribution in [0, 0.1) is 12.7 Å². The van der Waals surface area contributed by atoms with Crippen LogP contribution in [-0.4, -0.2) is 11.5 Å². The molecule has 1 N–H and O–H groups in total. The van der Waals surface area contributed by atoms with Crippen molar-refractivity contribution in [1.82, 2.24) is 10.3 Å². The van der Waals surface area contributed by atoms with Crippen LogP contribution in [0.15, 0.2) is 36.5 Å². The first-order valence-corrected chi connectivity index (χ1v) is 6.13. The zero-order valence-corrected chi connectivity index (χ0v) is 10.7.